The van der Waals surface area contributed by atoms with Crippen molar-refractivity contribution in [3.8, 4) is 10.6 Å². The van der Waals surface area contributed by atoms with Crippen molar-refractivity contribution < 1.29 is 9.59 Å². The minimum atomic E-state index is -0.457. The molecule has 26 heavy (non-hydrogen) atoms. The van der Waals surface area contributed by atoms with Crippen LogP contribution in [0.2, 0.25) is 0 Å². The van der Waals surface area contributed by atoms with E-state index in [2.05, 4.69) is 20.9 Å². The smallest absolute Gasteiger partial charge is 0.271 e. The zero-order chi connectivity index (χ0) is 18.7. The van der Waals surface area contributed by atoms with E-state index in [4.69, 9.17) is 0 Å². The van der Waals surface area contributed by atoms with Crippen LogP contribution in [0, 0.1) is 20.8 Å². The van der Waals surface area contributed by atoms with Gasteiger partial charge in [-0.3, -0.25) is 25.1 Å². The Bertz CT molecular complexity index is 943. The molecule has 0 radical (unpaired) electrons. The lowest BCUT2D eigenvalue weighted by molar-refractivity contribution is -0.122. The summed E-state index contributed by atoms with van der Waals surface area (Å²) in [6, 6.07) is 9.80. The second-order valence-electron chi connectivity index (χ2n) is 5.99. The van der Waals surface area contributed by atoms with Gasteiger partial charge in [0.05, 0.1) is 5.69 Å². The second kappa shape index (κ2) is 7.49. The summed E-state index contributed by atoms with van der Waals surface area (Å²) in [6.45, 7) is 5.77. The van der Waals surface area contributed by atoms with Gasteiger partial charge in [-0.2, -0.15) is 5.10 Å². The molecule has 0 bridgehead atoms. The van der Waals surface area contributed by atoms with Gasteiger partial charge in [0.1, 0.15) is 17.2 Å². The van der Waals surface area contributed by atoms with Gasteiger partial charge in [0.2, 0.25) is 0 Å². The van der Waals surface area contributed by atoms with Crippen molar-refractivity contribution in [3.63, 3.8) is 0 Å². The van der Waals surface area contributed by atoms with Crippen LogP contribution in [0.15, 0.2) is 35.7 Å². The SMILES string of the molecule is Cc1ccc(-c2nc(C(=O)NNC(=O)Cn3nc(C)cc3C)cs2)cc1. The molecule has 1 aromatic carbocycles. The van der Waals surface area contributed by atoms with Crippen LogP contribution in [-0.4, -0.2) is 26.6 Å². The lowest BCUT2D eigenvalue weighted by Gasteiger charge is -2.07. The molecule has 0 spiro atoms. The van der Waals surface area contributed by atoms with Crippen LogP contribution in [0.1, 0.15) is 27.4 Å². The Hall–Kier alpha value is -3.00. The molecule has 0 saturated carbocycles. The number of aryl methyl sites for hydroxylation is 3. The first-order valence-corrected chi connectivity index (χ1v) is 8.93. The Kier molecular flexibility index (Phi) is 5.13. The fraction of sp³-hybridized carbons (Fsp3) is 0.222. The van der Waals surface area contributed by atoms with Gasteiger partial charge in [0, 0.05) is 16.6 Å². The van der Waals surface area contributed by atoms with Gasteiger partial charge in [-0.1, -0.05) is 29.8 Å². The number of benzene rings is 1. The molecular weight excluding hydrogens is 350 g/mol. The molecule has 7 nitrogen and oxygen atoms in total. The highest BCUT2D eigenvalue weighted by atomic mass is 32.1. The van der Waals surface area contributed by atoms with Crippen LogP contribution < -0.4 is 10.9 Å². The van der Waals surface area contributed by atoms with Crippen LogP contribution in [0.4, 0.5) is 0 Å². The lowest BCUT2D eigenvalue weighted by Crippen LogP contribution is -2.43. The van der Waals surface area contributed by atoms with Crippen LogP contribution in [0.3, 0.4) is 0 Å². The van der Waals surface area contributed by atoms with Gasteiger partial charge >= 0.3 is 0 Å². The summed E-state index contributed by atoms with van der Waals surface area (Å²) >= 11 is 1.38. The van der Waals surface area contributed by atoms with Gasteiger partial charge < -0.3 is 0 Å². The third kappa shape index (κ3) is 4.15. The molecule has 0 aliphatic heterocycles. The van der Waals surface area contributed by atoms with E-state index < -0.39 is 5.91 Å². The van der Waals surface area contributed by atoms with Crippen molar-refractivity contribution in [2.24, 2.45) is 0 Å². The van der Waals surface area contributed by atoms with Crippen LogP contribution in [-0.2, 0) is 11.3 Å². The fourth-order valence-corrected chi connectivity index (χ4v) is 3.21. The van der Waals surface area contributed by atoms with E-state index in [9.17, 15) is 9.59 Å². The topological polar surface area (TPSA) is 88.9 Å². The van der Waals surface area contributed by atoms with Crippen LogP contribution in [0.5, 0.6) is 0 Å². The number of carbonyl (C=O) groups is 2. The van der Waals surface area contributed by atoms with Crippen molar-refractivity contribution in [1.82, 2.24) is 25.6 Å². The molecule has 0 saturated heterocycles. The molecule has 8 heteroatoms. The highest BCUT2D eigenvalue weighted by Gasteiger charge is 2.13. The van der Waals surface area contributed by atoms with E-state index in [-0.39, 0.29) is 18.1 Å². The maximum absolute atomic E-state index is 12.2. The van der Waals surface area contributed by atoms with Crippen molar-refractivity contribution in [3.05, 3.63) is 58.4 Å². The first-order valence-electron chi connectivity index (χ1n) is 8.05. The highest BCUT2D eigenvalue weighted by Crippen LogP contribution is 2.23. The molecule has 2 heterocycles. The van der Waals surface area contributed by atoms with Crippen molar-refractivity contribution in [2.45, 2.75) is 27.3 Å². The first-order chi connectivity index (χ1) is 12.4. The van der Waals surface area contributed by atoms with Gasteiger partial charge in [-0.15, -0.1) is 11.3 Å². The van der Waals surface area contributed by atoms with E-state index in [1.165, 1.54) is 11.3 Å². The van der Waals surface area contributed by atoms with Crippen molar-refractivity contribution in [1.29, 1.82) is 0 Å². The summed E-state index contributed by atoms with van der Waals surface area (Å²) in [7, 11) is 0. The van der Waals surface area contributed by atoms with E-state index in [1.54, 1.807) is 10.1 Å². The largest absolute Gasteiger partial charge is 0.289 e. The number of thiazole rings is 1. The molecule has 0 fully saturated rings. The lowest BCUT2D eigenvalue weighted by atomic mass is 10.2. The minimum absolute atomic E-state index is 0.0334. The van der Waals surface area contributed by atoms with Crippen LogP contribution in [0.25, 0.3) is 10.6 Å². The predicted molar refractivity (Wildman–Crippen MR) is 99.6 cm³/mol. The van der Waals surface area contributed by atoms with E-state index in [1.807, 2.05) is 51.1 Å². The van der Waals surface area contributed by atoms with Crippen LogP contribution >= 0.6 is 11.3 Å². The Morgan fingerprint density at radius 2 is 1.85 bits per heavy atom. The standard InChI is InChI=1S/C18H19N5O2S/c1-11-4-6-14(7-5-11)18-19-15(10-26-18)17(25)21-20-16(24)9-23-13(3)8-12(2)22-23/h4-8,10H,9H2,1-3H3,(H,20,24)(H,21,25). The number of hydrogen-bond donors (Lipinski definition) is 2. The quantitative estimate of drug-likeness (QED) is 0.691. The predicted octanol–water partition coefficient (Wildman–Crippen LogP) is 2.39. The highest BCUT2D eigenvalue weighted by molar-refractivity contribution is 7.13. The van der Waals surface area contributed by atoms with E-state index >= 15 is 0 Å². The molecule has 0 aliphatic rings. The second-order valence-corrected chi connectivity index (χ2v) is 6.85. The zero-order valence-corrected chi connectivity index (χ0v) is 15.6. The summed E-state index contributed by atoms with van der Waals surface area (Å²) < 4.78 is 1.58. The summed E-state index contributed by atoms with van der Waals surface area (Å²) in [4.78, 5) is 28.5. The average molecular weight is 369 g/mol. The number of aromatic nitrogens is 3. The van der Waals surface area contributed by atoms with E-state index in [0.29, 0.717) is 0 Å². The Morgan fingerprint density at radius 3 is 2.50 bits per heavy atom. The normalized spacial score (nSPS) is 10.6. The molecule has 3 rings (SSSR count). The summed E-state index contributed by atoms with van der Waals surface area (Å²) in [5.74, 6) is -0.820. The van der Waals surface area contributed by atoms with Crippen molar-refractivity contribution in [2.75, 3.05) is 0 Å². The molecule has 0 unspecified atom stereocenters. The first kappa shape index (κ1) is 17.8. The Labute approximate surface area is 155 Å². The molecule has 134 valence electrons. The van der Waals surface area contributed by atoms with Crippen molar-refractivity contribution >= 4 is 23.2 Å². The number of rotatable bonds is 4. The van der Waals surface area contributed by atoms with Gasteiger partial charge in [0.25, 0.3) is 11.8 Å². The number of hydrogen-bond acceptors (Lipinski definition) is 5. The molecule has 2 amide bonds. The van der Waals surface area contributed by atoms with Gasteiger partial charge in [-0.25, -0.2) is 4.98 Å². The summed E-state index contributed by atoms with van der Waals surface area (Å²) in [5, 5.41) is 6.63. The average Bonchev–Trinajstić information content (AvgIpc) is 3.20. The van der Waals surface area contributed by atoms with Gasteiger partial charge in [0.15, 0.2) is 0 Å². The number of carbonyl (C=O) groups excluding carboxylic acids is 2. The monoisotopic (exact) mass is 369 g/mol. The zero-order valence-electron chi connectivity index (χ0n) is 14.7. The summed E-state index contributed by atoms with van der Waals surface area (Å²) in [5.41, 5.74) is 8.86. The molecular formula is C18H19N5O2S. The number of hydrazine groups is 1. The third-order valence-electron chi connectivity index (χ3n) is 3.75. The molecule has 0 atom stereocenters. The fourth-order valence-electron chi connectivity index (χ4n) is 2.41. The van der Waals surface area contributed by atoms with Gasteiger partial charge in [-0.05, 0) is 26.8 Å². The number of amides is 2. The Balaban J connectivity index is 1.57. The molecule has 0 aliphatic carbocycles. The van der Waals surface area contributed by atoms with E-state index in [0.717, 1.165) is 27.5 Å². The maximum atomic E-state index is 12.2. The number of nitrogens with zero attached hydrogens (tertiary/aromatic N) is 3. The number of nitrogens with one attached hydrogen (secondary N) is 2. The third-order valence-corrected chi connectivity index (χ3v) is 4.64. The summed E-state index contributed by atoms with van der Waals surface area (Å²) in [6.07, 6.45) is 0. The molecule has 2 N–H and O–H groups in total. The molecule has 2 aromatic heterocycles. The minimum Gasteiger partial charge on any atom is -0.271 e. The molecule has 3 aromatic rings. The Morgan fingerprint density at radius 1 is 1.12 bits per heavy atom. The maximum Gasteiger partial charge on any atom is 0.289 e.